The first-order valence-electron chi connectivity index (χ1n) is 6.00. The highest BCUT2D eigenvalue weighted by atomic mass is 19.1. The standard InChI is InChI=1S/C13H21FN2/c1-2-3-4-5-10-13(16-15)11-8-6-7-9-12(11)14/h6-9,13,16H,2-5,10,15H2,1H3. The second-order valence-corrected chi connectivity index (χ2v) is 4.09. The van der Waals surface area contributed by atoms with Gasteiger partial charge in [0.2, 0.25) is 0 Å². The van der Waals surface area contributed by atoms with Crippen LogP contribution in [0.2, 0.25) is 0 Å². The fourth-order valence-electron chi connectivity index (χ4n) is 1.86. The Morgan fingerprint density at radius 3 is 2.62 bits per heavy atom. The zero-order valence-electron chi connectivity index (χ0n) is 9.88. The second kappa shape index (κ2) is 7.36. The summed E-state index contributed by atoms with van der Waals surface area (Å²) < 4.78 is 13.5. The molecule has 0 radical (unpaired) electrons. The van der Waals surface area contributed by atoms with Crippen LogP contribution in [-0.4, -0.2) is 0 Å². The van der Waals surface area contributed by atoms with Crippen LogP contribution in [0.5, 0.6) is 0 Å². The fourth-order valence-corrected chi connectivity index (χ4v) is 1.86. The number of hydrazine groups is 1. The number of unbranched alkanes of at least 4 members (excludes halogenated alkanes) is 3. The van der Waals surface area contributed by atoms with Crippen molar-refractivity contribution in [1.82, 2.24) is 5.43 Å². The summed E-state index contributed by atoms with van der Waals surface area (Å²) in [7, 11) is 0. The topological polar surface area (TPSA) is 38.0 Å². The third-order valence-corrected chi connectivity index (χ3v) is 2.83. The van der Waals surface area contributed by atoms with E-state index >= 15 is 0 Å². The summed E-state index contributed by atoms with van der Waals surface area (Å²) in [6.45, 7) is 2.18. The van der Waals surface area contributed by atoms with Crippen molar-refractivity contribution >= 4 is 0 Å². The lowest BCUT2D eigenvalue weighted by molar-refractivity contribution is 0.461. The number of hydrogen-bond acceptors (Lipinski definition) is 2. The van der Waals surface area contributed by atoms with Crippen molar-refractivity contribution in [2.45, 2.75) is 45.1 Å². The van der Waals surface area contributed by atoms with Crippen molar-refractivity contribution in [3.8, 4) is 0 Å². The van der Waals surface area contributed by atoms with E-state index in [-0.39, 0.29) is 11.9 Å². The molecule has 2 nitrogen and oxygen atoms in total. The van der Waals surface area contributed by atoms with Crippen LogP contribution >= 0.6 is 0 Å². The molecule has 1 aromatic rings. The van der Waals surface area contributed by atoms with Crippen LogP contribution in [0.4, 0.5) is 4.39 Å². The molecular formula is C13H21FN2. The molecule has 0 aliphatic heterocycles. The third kappa shape index (κ3) is 3.91. The summed E-state index contributed by atoms with van der Waals surface area (Å²) in [4.78, 5) is 0. The molecule has 0 heterocycles. The van der Waals surface area contributed by atoms with Gasteiger partial charge in [-0.1, -0.05) is 50.8 Å². The molecule has 0 aromatic heterocycles. The monoisotopic (exact) mass is 224 g/mol. The van der Waals surface area contributed by atoms with Crippen LogP contribution in [0.25, 0.3) is 0 Å². The largest absolute Gasteiger partial charge is 0.271 e. The first-order valence-corrected chi connectivity index (χ1v) is 6.00. The fraction of sp³-hybridized carbons (Fsp3) is 0.538. The Kier molecular flexibility index (Phi) is 6.04. The summed E-state index contributed by atoms with van der Waals surface area (Å²) in [6, 6.07) is 6.74. The van der Waals surface area contributed by atoms with E-state index in [9.17, 15) is 4.39 Å². The Labute approximate surface area is 97.0 Å². The third-order valence-electron chi connectivity index (χ3n) is 2.83. The molecule has 0 fully saturated rings. The zero-order valence-corrected chi connectivity index (χ0v) is 9.88. The molecule has 0 aliphatic rings. The molecule has 0 amide bonds. The quantitative estimate of drug-likeness (QED) is 0.423. The van der Waals surface area contributed by atoms with Gasteiger partial charge in [0.1, 0.15) is 5.82 Å². The van der Waals surface area contributed by atoms with Gasteiger partial charge in [0.15, 0.2) is 0 Å². The smallest absolute Gasteiger partial charge is 0.128 e. The number of halogens is 1. The number of rotatable bonds is 7. The molecule has 3 N–H and O–H groups in total. The highest BCUT2D eigenvalue weighted by Crippen LogP contribution is 2.21. The van der Waals surface area contributed by atoms with Gasteiger partial charge in [0.05, 0.1) is 0 Å². The number of hydrogen-bond donors (Lipinski definition) is 2. The van der Waals surface area contributed by atoms with Gasteiger partial charge < -0.3 is 0 Å². The molecule has 0 saturated heterocycles. The summed E-state index contributed by atoms with van der Waals surface area (Å²) in [5, 5.41) is 0. The van der Waals surface area contributed by atoms with Crippen LogP contribution in [0.15, 0.2) is 24.3 Å². The lowest BCUT2D eigenvalue weighted by atomic mass is 10.0. The van der Waals surface area contributed by atoms with Crippen molar-refractivity contribution in [3.63, 3.8) is 0 Å². The molecule has 90 valence electrons. The molecule has 1 atom stereocenters. The van der Waals surface area contributed by atoms with Gasteiger partial charge in [0, 0.05) is 11.6 Å². The summed E-state index contributed by atoms with van der Waals surface area (Å²) in [5.41, 5.74) is 3.36. The van der Waals surface area contributed by atoms with E-state index in [4.69, 9.17) is 5.84 Å². The lowest BCUT2D eigenvalue weighted by Gasteiger charge is -2.16. The molecule has 3 heteroatoms. The second-order valence-electron chi connectivity index (χ2n) is 4.09. The van der Waals surface area contributed by atoms with Gasteiger partial charge in [-0.3, -0.25) is 11.3 Å². The van der Waals surface area contributed by atoms with Gasteiger partial charge in [-0.15, -0.1) is 0 Å². The minimum Gasteiger partial charge on any atom is -0.271 e. The van der Waals surface area contributed by atoms with Gasteiger partial charge in [-0.05, 0) is 12.5 Å². The van der Waals surface area contributed by atoms with E-state index in [1.165, 1.54) is 25.3 Å². The van der Waals surface area contributed by atoms with Gasteiger partial charge in [0.25, 0.3) is 0 Å². The van der Waals surface area contributed by atoms with Crippen molar-refractivity contribution in [1.29, 1.82) is 0 Å². The van der Waals surface area contributed by atoms with Crippen LogP contribution in [0.3, 0.4) is 0 Å². The SMILES string of the molecule is CCCCCCC(NN)c1ccccc1F. The van der Waals surface area contributed by atoms with Crippen LogP contribution in [0.1, 0.15) is 50.6 Å². The zero-order chi connectivity index (χ0) is 11.8. The highest BCUT2D eigenvalue weighted by Gasteiger charge is 2.12. The average Bonchev–Trinajstić information content (AvgIpc) is 2.31. The predicted octanol–water partition coefficient (Wildman–Crippen LogP) is 3.30. The summed E-state index contributed by atoms with van der Waals surface area (Å²) in [6.07, 6.45) is 5.59. The van der Waals surface area contributed by atoms with E-state index in [2.05, 4.69) is 12.3 Å². The summed E-state index contributed by atoms with van der Waals surface area (Å²) in [5.74, 6) is 5.29. The lowest BCUT2D eigenvalue weighted by Crippen LogP contribution is -2.28. The first-order chi connectivity index (χ1) is 7.79. The van der Waals surface area contributed by atoms with Crippen LogP contribution in [-0.2, 0) is 0 Å². The van der Waals surface area contributed by atoms with E-state index < -0.39 is 0 Å². The maximum absolute atomic E-state index is 13.5. The molecule has 0 spiro atoms. The molecule has 16 heavy (non-hydrogen) atoms. The van der Waals surface area contributed by atoms with Crippen molar-refractivity contribution in [3.05, 3.63) is 35.6 Å². The molecule has 1 rings (SSSR count). The van der Waals surface area contributed by atoms with Crippen molar-refractivity contribution in [2.75, 3.05) is 0 Å². The minimum atomic E-state index is -0.180. The van der Waals surface area contributed by atoms with Crippen LogP contribution in [0, 0.1) is 5.82 Å². The maximum Gasteiger partial charge on any atom is 0.128 e. The Bertz CT molecular complexity index is 302. The molecule has 0 saturated carbocycles. The van der Waals surface area contributed by atoms with Gasteiger partial charge in [-0.25, -0.2) is 4.39 Å². The van der Waals surface area contributed by atoms with E-state index in [1.54, 1.807) is 12.1 Å². The Morgan fingerprint density at radius 1 is 1.25 bits per heavy atom. The van der Waals surface area contributed by atoms with Crippen LogP contribution < -0.4 is 11.3 Å². The Hall–Kier alpha value is -0.930. The highest BCUT2D eigenvalue weighted by molar-refractivity contribution is 5.20. The van der Waals surface area contributed by atoms with Crippen molar-refractivity contribution in [2.24, 2.45) is 5.84 Å². The molecule has 1 aromatic carbocycles. The van der Waals surface area contributed by atoms with Crippen molar-refractivity contribution < 1.29 is 4.39 Å². The van der Waals surface area contributed by atoms with Gasteiger partial charge >= 0.3 is 0 Å². The summed E-state index contributed by atoms with van der Waals surface area (Å²) >= 11 is 0. The number of nitrogens with two attached hydrogens (primary N) is 1. The van der Waals surface area contributed by atoms with Gasteiger partial charge in [-0.2, -0.15) is 0 Å². The predicted molar refractivity (Wildman–Crippen MR) is 65.2 cm³/mol. The molecule has 0 bridgehead atoms. The number of nitrogens with one attached hydrogen (secondary N) is 1. The maximum atomic E-state index is 13.5. The normalized spacial score (nSPS) is 12.7. The van der Waals surface area contributed by atoms with E-state index in [1.807, 2.05) is 6.07 Å². The molecule has 1 unspecified atom stereocenters. The molecular weight excluding hydrogens is 203 g/mol. The Morgan fingerprint density at radius 2 is 2.00 bits per heavy atom. The van der Waals surface area contributed by atoms with E-state index in [0.29, 0.717) is 5.56 Å². The average molecular weight is 224 g/mol. The first kappa shape index (κ1) is 13.1. The minimum absolute atomic E-state index is 0.0712. The van der Waals surface area contributed by atoms with E-state index in [0.717, 1.165) is 12.8 Å². The Balaban J connectivity index is 2.51. The molecule has 0 aliphatic carbocycles. The number of benzene rings is 1.